The Hall–Kier alpha value is -3.52. The number of hydrogen-bond donors (Lipinski definition) is 2. The normalized spacial score (nSPS) is 11.8. The van der Waals surface area contributed by atoms with Crippen LogP contribution in [0.5, 0.6) is 5.75 Å². The number of carbonyl (C=O) groups is 1. The molecule has 0 aliphatic rings. The van der Waals surface area contributed by atoms with E-state index in [1.807, 2.05) is 32.9 Å². The lowest BCUT2D eigenvalue weighted by Crippen LogP contribution is -2.15. The van der Waals surface area contributed by atoms with Crippen LogP contribution >= 0.6 is 0 Å². The van der Waals surface area contributed by atoms with E-state index in [0.29, 0.717) is 17.0 Å². The summed E-state index contributed by atoms with van der Waals surface area (Å²) in [5.74, 6) is -0.634. The van der Waals surface area contributed by atoms with E-state index in [-0.39, 0.29) is 17.6 Å². The van der Waals surface area contributed by atoms with E-state index >= 15 is 0 Å². The first kappa shape index (κ1) is 23.1. The molecule has 0 radical (unpaired) electrons. The summed E-state index contributed by atoms with van der Waals surface area (Å²) in [5, 5.41) is 8.60. The molecule has 0 unspecified atom stereocenters. The molecule has 0 saturated carbocycles. The summed E-state index contributed by atoms with van der Waals surface area (Å²) >= 11 is 0. The molecule has 8 heteroatoms. The Morgan fingerprint density at radius 1 is 1.16 bits per heavy atom. The lowest BCUT2D eigenvalue weighted by molar-refractivity contribution is -0.131. The number of carboxylic acid groups (broad SMARTS) is 1. The van der Waals surface area contributed by atoms with Crippen LogP contribution in [0.25, 0.3) is 6.08 Å². The van der Waals surface area contributed by atoms with Crippen molar-refractivity contribution in [1.29, 1.82) is 0 Å². The first-order valence-electron chi connectivity index (χ1n) is 9.99. The van der Waals surface area contributed by atoms with Gasteiger partial charge in [0.2, 0.25) is 5.09 Å². The maximum atomic E-state index is 12.9. The van der Waals surface area contributed by atoms with Gasteiger partial charge in [-0.15, -0.1) is 0 Å². The summed E-state index contributed by atoms with van der Waals surface area (Å²) in [5.41, 5.74) is 3.42. The Morgan fingerprint density at radius 2 is 1.88 bits per heavy atom. The number of nitrogens with one attached hydrogen (secondary N) is 1. The van der Waals surface area contributed by atoms with Crippen molar-refractivity contribution in [2.24, 2.45) is 0 Å². The number of sulfonamides is 1. The molecule has 32 heavy (non-hydrogen) atoms. The minimum Gasteiger partial charge on any atom is -0.487 e. The predicted molar refractivity (Wildman–Crippen MR) is 122 cm³/mol. The summed E-state index contributed by atoms with van der Waals surface area (Å²) in [6.07, 6.45) is 3.94. The smallest absolute Gasteiger partial charge is 0.328 e. The van der Waals surface area contributed by atoms with E-state index in [9.17, 15) is 13.2 Å². The van der Waals surface area contributed by atoms with E-state index in [2.05, 4.69) is 4.72 Å². The average Bonchev–Trinajstić information content (AvgIpc) is 3.24. The number of furan rings is 1. The van der Waals surface area contributed by atoms with E-state index in [4.69, 9.17) is 14.3 Å². The first-order chi connectivity index (χ1) is 15.2. The Morgan fingerprint density at radius 3 is 2.53 bits per heavy atom. The van der Waals surface area contributed by atoms with Crippen LogP contribution in [0, 0.1) is 6.92 Å². The van der Waals surface area contributed by atoms with Gasteiger partial charge >= 0.3 is 5.97 Å². The topological polar surface area (TPSA) is 106 Å². The largest absolute Gasteiger partial charge is 0.487 e. The molecule has 0 aliphatic carbocycles. The molecule has 0 amide bonds. The van der Waals surface area contributed by atoms with Gasteiger partial charge in [0.15, 0.2) is 0 Å². The van der Waals surface area contributed by atoms with Crippen LogP contribution in [0.4, 0.5) is 5.69 Å². The molecule has 1 heterocycles. The maximum Gasteiger partial charge on any atom is 0.328 e. The fourth-order valence-corrected chi connectivity index (χ4v) is 4.38. The van der Waals surface area contributed by atoms with Gasteiger partial charge in [-0.05, 0) is 53.8 Å². The Bertz CT molecular complexity index is 1220. The average molecular weight is 456 g/mol. The molecule has 2 N–H and O–H groups in total. The monoisotopic (exact) mass is 455 g/mol. The Kier molecular flexibility index (Phi) is 7.05. The van der Waals surface area contributed by atoms with Crippen molar-refractivity contribution in [3.63, 3.8) is 0 Å². The second-order valence-corrected chi connectivity index (χ2v) is 9.21. The highest BCUT2D eigenvalue weighted by molar-refractivity contribution is 7.92. The molecule has 0 atom stereocenters. The van der Waals surface area contributed by atoms with Gasteiger partial charge in [0.05, 0.1) is 12.0 Å². The van der Waals surface area contributed by atoms with Crippen molar-refractivity contribution in [3.8, 4) is 5.75 Å². The van der Waals surface area contributed by atoms with Crippen LogP contribution in [0.2, 0.25) is 0 Å². The number of rotatable bonds is 9. The minimum absolute atomic E-state index is 0.0117. The van der Waals surface area contributed by atoms with Crippen molar-refractivity contribution in [1.82, 2.24) is 0 Å². The van der Waals surface area contributed by atoms with E-state index in [1.54, 1.807) is 36.4 Å². The van der Waals surface area contributed by atoms with Crippen molar-refractivity contribution >= 4 is 27.8 Å². The molecule has 0 aliphatic heterocycles. The molecule has 3 rings (SSSR count). The van der Waals surface area contributed by atoms with Crippen molar-refractivity contribution < 1.29 is 27.5 Å². The summed E-state index contributed by atoms with van der Waals surface area (Å²) < 4.78 is 39.6. The van der Waals surface area contributed by atoms with Gasteiger partial charge in [-0.1, -0.05) is 44.2 Å². The lowest BCUT2D eigenvalue weighted by Gasteiger charge is -2.15. The lowest BCUT2D eigenvalue weighted by atomic mass is 10.1. The molecule has 0 fully saturated rings. The summed E-state index contributed by atoms with van der Waals surface area (Å²) in [6, 6.07) is 14.1. The Labute approximate surface area is 187 Å². The summed E-state index contributed by atoms with van der Waals surface area (Å²) in [7, 11) is -3.94. The van der Waals surface area contributed by atoms with Gasteiger partial charge in [-0.2, -0.15) is 8.42 Å². The van der Waals surface area contributed by atoms with Crippen LogP contribution in [-0.4, -0.2) is 19.5 Å². The number of carboxylic acids is 1. The summed E-state index contributed by atoms with van der Waals surface area (Å²) in [6.45, 7) is 5.89. The Balaban J connectivity index is 1.78. The minimum atomic E-state index is -3.94. The zero-order valence-corrected chi connectivity index (χ0v) is 18.8. The molecule has 3 aromatic rings. The zero-order chi connectivity index (χ0) is 23.3. The van der Waals surface area contributed by atoms with Gasteiger partial charge in [0.25, 0.3) is 10.0 Å². The van der Waals surface area contributed by atoms with Crippen LogP contribution in [0.1, 0.15) is 42.0 Å². The van der Waals surface area contributed by atoms with Gasteiger partial charge < -0.3 is 14.3 Å². The third kappa shape index (κ3) is 5.79. The number of anilines is 1. The predicted octanol–water partition coefficient (Wildman–Crippen LogP) is 5.19. The van der Waals surface area contributed by atoms with Gasteiger partial charge in [-0.3, -0.25) is 4.72 Å². The van der Waals surface area contributed by atoms with Gasteiger partial charge in [-0.25, -0.2) is 4.79 Å². The molecule has 0 spiro atoms. The summed E-state index contributed by atoms with van der Waals surface area (Å²) in [4.78, 5) is 10.6. The fourth-order valence-electron chi connectivity index (χ4n) is 3.03. The van der Waals surface area contributed by atoms with Crippen LogP contribution < -0.4 is 9.46 Å². The van der Waals surface area contributed by atoms with E-state index in [1.165, 1.54) is 12.3 Å². The SMILES string of the molecule is Cc1ccc(NS(=O)(=O)c2occc2C(C)C)c(OCc2ccc(/C=C/C(=O)O)cc2)c1. The number of aliphatic carboxylic acids is 1. The van der Waals surface area contributed by atoms with Crippen LogP contribution in [0.3, 0.4) is 0 Å². The van der Waals surface area contributed by atoms with Gasteiger partial charge in [0, 0.05) is 11.6 Å². The quantitative estimate of drug-likeness (QED) is 0.430. The highest BCUT2D eigenvalue weighted by atomic mass is 32.2. The second-order valence-electron chi connectivity index (χ2n) is 7.63. The second kappa shape index (κ2) is 9.74. The standard InChI is InChI=1S/C24H25NO6S/c1-16(2)20-12-13-30-24(20)32(28,29)25-21-10-4-17(3)14-22(21)31-15-19-7-5-18(6-8-19)9-11-23(26)27/h4-14,16,25H,15H2,1-3H3,(H,26,27)/b11-9+. The highest BCUT2D eigenvalue weighted by Crippen LogP contribution is 2.31. The van der Waals surface area contributed by atoms with Crippen LogP contribution in [0.15, 0.2) is 70.4 Å². The number of hydrogen-bond acceptors (Lipinski definition) is 5. The number of aryl methyl sites for hydroxylation is 1. The van der Waals surface area contributed by atoms with Crippen molar-refractivity contribution in [2.75, 3.05) is 4.72 Å². The third-order valence-electron chi connectivity index (χ3n) is 4.70. The molecule has 2 aromatic carbocycles. The van der Waals surface area contributed by atoms with Gasteiger partial charge in [0.1, 0.15) is 12.4 Å². The zero-order valence-electron chi connectivity index (χ0n) is 18.0. The highest BCUT2D eigenvalue weighted by Gasteiger charge is 2.25. The molecule has 1 aromatic heterocycles. The van der Waals surface area contributed by atoms with E-state index < -0.39 is 16.0 Å². The fraction of sp³-hybridized carbons (Fsp3) is 0.208. The molecule has 168 valence electrons. The molecule has 0 saturated heterocycles. The van der Waals surface area contributed by atoms with Crippen molar-refractivity contribution in [2.45, 2.75) is 38.4 Å². The van der Waals surface area contributed by atoms with Crippen molar-refractivity contribution in [3.05, 3.63) is 83.1 Å². The van der Waals surface area contributed by atoms with Crippen LogP contribution in [-0.2, 0) is 21.4 Å². The maximum absolute atomic E-state index is 12.9. The molecular weight excluding hydrogens is 430 g/mol. The molecule has 7 nitrogen and oxygen atoms in total. The molecule has 0 bridgehead atoms. The molecular formula is C24H25NO6S. The first-order valence-corrected chi connectivity index (χ1v) is 11.5. The van der Waals surface area contributed by atoms with E-state index in [0.717, 1.165) is 22.8 Å². The third-order valence-corrected chi connectivity index (χ3v) is 6.01. The number of benzene rings is 2. The number of ether oxygens (including phenoxy) is 1.